The molecule has 170 valence electrons. The molecule has 0 unspecified atom stereocenters. The number of carbonyl (C=O) groups is 2. The van der Waals surface area contributed by atoms with Crippen LogP contribution in [0.25, 0.3) is 0 Å². The first-order valence-electron chi connectivity index (χ1n) is 11.3. The van der Waals surface area contributed by atoms with E-state index in [4.69, 9.17) is 9.84 Å². The number of amides is 1. The van der Waals surface area contributed by atoms with Crippen molar-refractivity contribution in [1.82, 2.24) is 10.6 Å². The third-order valence-corrected chi connectivity index (χ3v) is 6.14. The summed E-state index contributed by atoms with van der Waals surface area (Å²) in [5, 5.41) is 15.0. The van der Waals surface area contributed by atoms with E-state index in [1.54, 1.807) is 20.8 Å². The van der Waals surface area contributed by atoms with Crippen LogP contribution in [0.3, 0.4) is 0 Å². The van der Waals surface area contributed by atoms with Gasteiger partial charge in [-0.2, -0.15) is 11.8 Å². The molecule has 0 aliphatic heterocycles. The molecular weight excluding hydrogens is 388 g/mol. The fourth-order valence-electron chi connectivity index (χ4n) is 3.73. The topological polar surface area (TPSA) is 87.7 Å². The summed E-state index contributed by atoms with van der Waals surface area (Å²) in [5.41, 5.74) is -0.620. The van der Waals surface area contributed by atoms with Crippen LogP contribution in [0, 0.1) is 0 Å². The molecule has 2 saturated carbocycles. The van der Waals surface area contributed by atoms with Crippen LogP contribution in [0.1, 0.15) is 91.9 Å². The fourth-order valence-corrected chi connectivity index (χ4v) is 4.43. The SMILES string of the molecule is C1CCC(NC2CCCCC2)CC1.CCSC[C@H](NC(=O)OC(C)(C)C)C(=O)O. The van der Waals surface area contributed by atoms with Crippen molar-refractivity contribution in [1.29, 1.82) is 0 Å². The number of ether oxygens (including phenoxy) is 1. The van der Waals surface area contributed by atoms with Gasteiger partial charge in [-0.1, -0.05) is 45.4 Å². The zero-order valence-corrected chi connectivity index (χ0v) is 19.6. The first-order valence-corrected chi connectivity index (χ1v) is 12.4. The normalized spacial score (nSPS) is 19.6. The maximum absolute atomic E-state index is 11.3. The monoisotopic (exact) mass is 430 g/mol. The lowest BCUT2D eigenvalue weighted by atomic mass is 9.91. The van der Waals surface area contributed by atoms with E-state index in [2.05, 4.69) is 10.6 Å². The highest BCUT2D eigenvalue weighted by atomic mass is 32.2. The van der Waals surface area contributed by atoms with Crippen molar-refractivity contribution < 1.29 is 19.4 Å². The second-order valence-corrected chi connectivity index (χ2v) is 10.4. The number of carbonyl (C=O) groups excluding carboxylic acids is 1. The fraction of sp³-hybridized carbons (Fsp3) is 0.909. The molecule has 0 bridgehead atoms. The molecule has 0 aromatic carbocycles. The maximum atomic E-state index is 11.3. The Morgan fingerprint density at radius 2 is 1.48 bits per heavy atom. The molecule has 0 spiro atoms. The highest BCUT2D eigenvalue weighted by Crippen LogP contribution is 2.22. The minimum absolute atomic E-state index is 0.338. The van der Waals surface area contributed by atoms with E-state index in [9.17, 15) is 9.59 Å². The van der Waals surface area contributed by atoms with Gasteiger partial charge in [0.25, 0.3) is 0 Å². The van der Waals surface area contributed by atoms with Crippen LogP contribution >= 0.6 is 11.8 Å². The number of aliphatic carboxylic acids is 1. The molecule has 29 heavy (non-hydrogen) atoms. The van der Waals surface area contributed by atoms with Crippen LogP contribution in [-0.2, 0) is 9.53 Å². The number of rotatable bonds is 7. The number of thioether (sulfide) groups is 1. The molecule has 2 rings (SSSR count). The molecule has 0 aromatic heterocycles. The van der Waals surface area contributed by atoms with Gasteiger partial charge in [0, 0.05) is 17.8 Å². The number of hydrogen-bond acceptors (Lipinski definition) is 5. The number of carboxylic acids is 1. The largest absolute Gasteiger partial charge is 0.480 e. The van der Waals surface area contributed by atoms with E-state index in [0.29, 0.717) is 5.75 Å². The van der Waals surface area contributed by atoms with Gasteiger partial charge in [-0.25, -0.2) is 9.59 Å². The van der Waals surface area contributed by atoms with E-state index in [0.717, 1.165) is 17.8 Å². The van der Waals surface area contributed by atoms with Crippen LogP contribution in [-0.4, -0.2) is 52.4 Å². The van der Waals surface area contributed by atoms with E-state index < -0.39 is 23.7 Å². The van der Waals surface area contributed by atoms with Crippen molar-refractivity contribution in [3.63, 3.8) is 0 Å². The lowest BCUT2D eigenvalue weighted by Gasteiger charge is -2.30. The maximum Gasteiger partial charge on any atom is 0.408 e. The van der Waals surface area contributed by atoms with Crippen molar-refractivity contribution in [3.8, 4) is 0 Å². The van der Waals surface area contributed by atoms with E-state index in [1.807, 2.05) is 6.92 Å². The minimum Gasteiger partial charge on any atom is -0.480 e. The standard InChI is InChI=1S/C12H23N.C10H19NO4S/c1-3-7-11(8-4-1)13-12-9-5-2-6-10-12;1-5-16-6-7(8(12)13)11-9(14)15-10(2,3)4/h11-13H,1-10H2;7H,5-6H2,1-4H3,(H,11,14)(H,12,13)/t;7-/m.0/s1. The lowest BCUT2D eigenvalue weighted by Crippen LogP contribution is -2.44. The summed E-state index contributed by atoms with van der Waals surface area (Å²) in [6.07, 6.45) is 13.9. The minimum atomic E-state index is -1.05. The molecule has 0 radical (unpaired) electrons. The average molecular weight is 431 g/mol. The van der Waals surface area contributed by atoms with Gasteiger partial charge in [0.15, 0.2) is 0 Å². The predicted octanol–water partition coefficient (Wildman–Crippen LogP) is 4.96. The molecule has 2 aliphatic rings. The summed E-state index contributed by atoms with van der Waals surface area (Å²) in [6, 6.07) is 0.841. The zero-order chi connectivity index (χ0) is 21.7. The van der Waals surface area contributed by atoms with Crippen LogP contribution in [0.5, 0.6) is 0 Å². The van der Waals surface area contributed by atoms with Gasteiger partial charge < -0.3 is 20.5 Å². The van der Waals surface area contributed by atoms with E-state index in [1.165, 1.54) is 76.0 Å². The molecule has 2 aliphatic carbocycles. The van der Waals surface area contributed by atoms with Gasteiger partial charge in [-0.15, -0.1) is 0 Å². The Balaban J connectivity index is 0.000000294. The van der Waals surface area contributed by atoms with Crippen LogP contribution < -0.4 is 10.6 Å². The molecule has 0 heterocycles. The molecule has 2 fully saturated rings. The second-order valence-electron chi connectivity index (χ2n) is 9.03. The Morgan fingerprint density at radius 1 is 1.00 bits per heavy atom. The van der Waals surface area contributed by atoms with Crippen molar-refractivity contribution in [2.45, 2.75) is 116 Å². The Hall–Kier alpha value is -0.950. The van der Waals surface area contributed by atoms with Crippen molar-refractivity contribution >= 4 is 23.8 Å². The molecule has 0 aromatic rings. The third-order valence-electron chi connectivity index (χ3n) is 5.16. The molecule has 0 saturated heterocycles. The van der Waals surface area contributed by atoms with E-state index >= 15 is 0 Å². The van der Waals surface area contributed by atoms with Gasteiger partial charge in [-0.3, -0.25) is 0 Å². The van der Waals surface area contributed by atoms with Crippen LogP contribution in [0.15, 0.2) is 0 Å². The van der Waals surface area contributed by atoms with Crippen LogP contribution in [0.2, 0.25) is 0 Å². The first-order chi connectivity index (χ1) is 13.7. The number of nitrogens with one attached hydrogen (secondary N) is 2. The molecular formula is C22H42N2O4S. The smallest absolute Gasteiger partial charge is 0.408 e. The van der Waals surface area contributed by atoms with Gasteiger partial charge in [0.1, 0.15) is 11.6 Å². The molecule has 6 nitrogen and oxygen atoms in total. The van der Waals surface area contributed by atoms with Gasteiger partial charge in [-0.05, 0) is 52.2 Å². The predicted molar refractivity (Wildman–Crippen MR) is 121 cm³/mol. The Kier molecular flexibility index (Phi) is 12.7. The Bertz CT molecular complexity index is 454. The van der Waals surface area contributed by atoms with E-state index in [-0.39, 0.29) is 0 Å². The summed E-state index contributed by atoms with van der Waals surface area (Å²) >= 11 is 1.45. The van der Waals surface area contributed by atoms with Gasteiger partial charge >= 0.3 is 12.1 Å². The summed E-state index contributed by atoms with van der Waals surface area (Å²) < 4.78 is 4.98. The lowest BCUT2D eigenvalue weighted by molar-refractivity contribution is -0.138. The quantitative estimate of drug-likeness (QED) is 0.529. The Morgan fingerprint density at radius 3 is 1.86 bits per heavy atom. The highest BCUT2D eigenvalue weighted by molar-refractivity contribution is 7.99. The summed E-state index contributed by atoms with van der Waals surface area (Å²) in [7, 11) is 0. The second kappa shape index (κ2) is 14.1. The summed E-state index contributed by atoms with van der Waals surface area (Å²) in [5.74, 6) is 0.0945. The molecule has 1 atom stereocenters. The Labute approximate surface area is 181 Å². The molecule has 3 N–H and O–H groups in total. The van der Waals surface area contributed by atoms with Gasteiger partial charge in [0.2, 0.25) is 0 Å². The first kappa shape index (κ1) is 26.1. The highest BCUT2D eigenvalue weighted by Gasteiger charge is 2.23. The summed E-state index contributed by atoms with van der Waals surface area (Å²) in [6.45, 7) is 7.10. The third kappa shape index (κ3) is 13.1. The van der Waals surface area contributed by atoms with Crippen molar-refractivity contribution in [2.24, 2.45) is 0 Å². The number of alkyl carbamates (subject to hydrolysis) is 1. The zero-order valence-electron chi connectivity index (χ0n) is 18.8. The number of hydrogen-bond donors (Lipinski definition) is 3. The number of carboxylic acid groups (broad SMARTS) is 1. The van der Waals surface area contributed by atoms with Crippen LogP contribution in [0.4, 0.5) is 4.79 Å². The summed E-state index contributed by atoms with van der Waals surface area (Å²) in [4.78, 5) is 22.2. The van der Waals surface area contributed by atoms with Crippen molar-refractivity contribution in [3.05, 3.63) is 0 Å². The van der Waals surface area contributed by atoms with Gasteiger partial charge in [0.05, 0.1) is 0 Å². The molecule has 1 amide bonds. The van der Waals surface area contributed by atoms with Crippen molar-refractivity contribution in [2.75, 3.05) is 11.5 Å². The average Bonchev–Trinajstić information content (AvgIpc) is 2.65. The molecule has 7 heteroatoms.